The number of aromatic nitrogens is 1. The highest BCUT2D eigenvalue weighted by atomic mass is 79.9. The van der Waals surface area contributed by atoms with Crippen LogP contribution in [0.4, 0.5) is 5.69 Å². The van der Waals surface area contributed by atoms with Gasteiger partial charge in [0.2, 0.25) is 10.0 Å². The topological polar surface area (TPSA) is 82.3 Å². The number of para-hydroxylation sites is 1. The number of carbonyl (C=O) groups is 1. The fraction of sp³-hybridized carbons (Fsp3) is 0.211. The van der Waals surface area contributed by atoms with E-state index in [0.29, 0.717) is 24.3 Å². The van der Waals surface area contributed by atoms with E-state index in [9.17, 15) is 13.2 Å². The van der Waals surface area contributed by atoms with E-state index in [1.807, 2.05) is 12.1 Å². The van der Waals surface area contributed by atoms with Crippen LogP contribution >= 0.6 is 15.9 Å². The average molecular weight is 448 g/mol. The fourth-order valence-electron chi connectivity index (χ4n) is 3.49. The summed E-state index contributed by atoms with van der Waals surface area (Å²) in [5, 5.41) is 1.12. The zero-order valence-electron chi connectivity index (χ0n) is 14.6. The summed E-state index contributed by atoms with van der Waals surface area (Å²) in [5.41, 5.74) is 4.20. The number of H-pyrrole nitrogens is 1. The number of amides is 1. The lowest BCUT2D eigenvalue weighted by atomic mass is 10.0. The number of hydrogen-bond donors (Lipinski definition) is 2. The molecule has 6 nitrogen and oxygen atoms in total. The van der Waals surface area contributed by atoms with E-state index in [0.717, 1.165) is 39.3 Å². The van der Waals surface area contributed by atoms with Gasteiger partial charge in [-0.15, -0.1) is 0 Å². The molecule has 140 valence electrons. The molecule has 1 aliphatic heterocycles. The van der Waals surface area contributed by atoms with Crippen LogP contribution in [0.15, 0.2) is 46.9 Å². The van der Waals surface area contributed by atoms with Crippen LogP contribution < -0.4 is 4.72 Å². The molecule has 0 spiro atoms. The minimum Gasteiger partial charge on any atom is -0.357 e. The Labute approximate surface area is 165 Å². The lowest BCUT2D eigenvalue weighted by Crippen LogP contribution is -2.35. The SMILES string of the molecule is CS(=O)(=O)Nc1cccc(C(=O)N2CCc3[nH]c4c(Br)cccc4c3C2)c1. The molecule has 0 unspecified atom stereocenters. The van der Waals surface area contributed by atoms with Gasteiger partial charge >= 0.3 is 0 Å². The van der Waals surface area contributed by atoms with E-state index in [-0.39, 0.29) is 5.91 Å². The molecule has 2 aromatic carbocycles. The van der Waals surface area contributed by atoms with Crippen molar-refractivity contribution < 1.29 is 13.2 Å². The number of nitrogens with one attached hydrogen (secondary N) is 2. The van der Waals surface area contributed by atoms with E-state index in [1.165, 1.54) is 0 Å². The third kappa shape index (κ3) is 3.59. The quantitative estimate of drug-likeness (QED) is 0.644. The number of aromatic amines is 1. The summed E-state index contributed by atoms with van der Waals surface area (Å²) in [6, 6.07) is 12.6. The first-order chi connectivity index (χ1) is 12.8. The molecular formula is C19H18BrN3O3S. The molecule has 2 N–H and O–H groups in total. The Morgan fingerprint density at radius 3 is 2.78 bits per heavy atom. The Morgan fingerprint density at radius 2 is 2.00 bits per heavy atom. The second kappa shape index (κ2) is 6.69. The molecule has 0 atom stereocenters. The van der Waals surface area contributed by atoms with Crippen molar-refractivity contribution in [1.82, 2.24) is 9.88 Å². The minimum atomic E-state index is -3.39. The second-order valence-corrected chi connectivity index (χ2v) is 9.28. The largest absolute Gasteiger partial charge is 0.357 e. The van der Waals surface area contributed by atoms with E-state index >= 15 is 0 Å². The predicted octanol–water partition coefficient (Wildman–Crippen LogP) is 3.50. The normalized spacial score (nSPS) is 14.2. The van der Waals surface area contributed by atoms with Gasteiger partial charge in [0.05, 0.1) is 11.8 Å². The first-order valence-electron chi connectivity index (χ1n) is 8.47. The summed E-state index contributed by atoms with van der Waals surface area (Å²) in [6.07, 6.45) is 1.84. The van der Waals surface area contributed by atoms with Crippen molar-refractivity contribution in [2.24, 2.45) is 0 Å². The lowest BCUT2D eigenvalue weighted by molar-refractivity contribution is 0.0735. The number of nitrogens with zero attached hydrogens (tertiary/aromatic N) is 1. The Bertz CT molecular complexity index is 1150. The van der Waals surface area contributed by atoms with Crippen LogP contribution in [0.5, 0.6) is 0 Å². The zero-order valence-corrected chi connectivity index (χ0v) is 17.0. The van der Waals surface area contributed by atoms with Crippen molar-refractivity contribution in [3.8, 4) is 0 Å². The standard InChI is InChI=1S/C19H18BrN3O3S/c1-27(25,26)22-13-5-2-4-12(10-13)19(24)23-9-8-17-15(11-23)14-6-3-7-16(20)18(14)21-17/h2-7,10,21-22H,8-9,11H2,1H3. The molecule has 0 saturated heterocycles. The second-order valence-electron chi connectivity index (χ2n) is 6.68. The highest BCUT2D eigenvalue weighted by molar-refractivity contribution is 9.10. The van der Waals surface area contributed by atoms with Gasteiger partial charge in [0.15, 0.2) is 0 Å². The van der Waals surface area contributed by atoms with Gasteiger partial charge in [-0.05, 0) is 40.2 Å². The molecule has 8 heteroatoms. The van der Waals surface area contributed by atoms with Gasteiger partial charge in [0, 0.05) is 51.9 Å². The van der Waals surface area contributed by atoms with Crippen molar-refractivity contribution in [3.05, 3.63) is 63.8 Å². The predicted molar refractivity (Wildman–Crippen MR) is 109 cm³/mol. The smallest absolute Gasteiger partial charge is 0.254 e. The molecule has 2 heterocycles. The summed E-state index contributed by atoms with van der Waals surface area (Å²) in [4.78, 5) is 18.2. The maximum Gasteiger partial charge on any atom is 0.254 e. The Balaban J connectivity index is 1.62. The Hall–Kier alpha value is -2.32. The van der Waals surface area contributed by atoms with Crippen LogP contribution in [0.2, 0.25) is 0 Å². The van der Waals surface area contributed by atoms with Crippen LogP contribution in [-0.4, -0.2) is 37.0 Å². The number of halogens is 1. The van der Waals surface area contributed by atoms with Gasteiger partial charge < -0.3 is 9.88 Å². The Kier molecular flexibility index (Phi) is 4.47. The number of hydrogen-bond acceptors (Lipinski definition) is 3. The van der Waals surface area contributed by atoms with E-state index in [4.69, 9.17) is 0 Å². The third-order valence-corrected chi connectivity index (χ3v) is 5.93. The highest BCUT2D eigenvalue weighted by Gasteiger charge is 2.25. The van der Waals surface area contributed by atoms with Gasteiger partial charge in [-0.25, -0.2) is 8.42 Å². The molecule has 0 aliphatic carbocycles. The third-order valence-electron chi connectivity index (χ3n) is 4.66. The molecule has 0 saturated carbocycles. The molecular weight excluding hydrogens is 430 g/mol. The van der Waals surface area contributed by atoms with E-state index in [2.05, 4.69) is 31.7 Å². The van der Waals surface area contributed by atoms with Gasteiger partial charge in [0.25, 0.3) is 5.91 Å². The molecule has 1 amide bonds. The van der Waals surface area contributed by atoms with Crippen LogP contribution in [0.3, 0.4) is 0 Å². The lowest BCUT2D eigenvalue weighted by Gasteiger charge is -2.27. The molecule has 1 aromatic heterocycles. The summed E-state index contributed by atoms with van der Waals surface area (Å²) in [6.45, 7) is 1.13. The fourth-order valence-corrected chi connectivity index (χ4v) is 4.51. The number of sulfonamides is 1. The maximum atomic E-state index is 13.0. The summed E-state index contributed by atoms with van der Waals surface area (Å²) in [5.74, 6) is -0.109. The number of anilines is 1. The molecule has 0 bridgehead atoms. The van der Waals surface area contributed by atoms with Gasteiger partial charge in [-0.3, -0.25) is 9.52 Å². The van der Waals surface area contributed by atoms with Crippen molar-refractivity contribution in [1.29, 1.82) is 0 Å². The molecule has 4 rings (SSSR count). The number of fused-ring (bicyclic) bond motifs is 3. The minimum absolute atomic E-state index is 0.109. The molecule has 27 heavy (non-hydrogen) atoms. The summed E-state index contributed by atoms with van der Waals surface area (Å²) in [7, 11) is -3.39. The van der Waals surface area contributed by atoms with Crippen LogP contribution in [0.1, 0.15) is 21.6 Å². The number of benzene rings is 2. The van der Waals surface area contributed by atoms with Crippen molar-refractivity contribution >= 4 is 48.5 Å². The zero-order chi connectivity index (χ0) is 19.2. The van der Waals surface area contributed by atoms with Crippen molar-refractivity contribution in [2.45, 2.75) is 13.0 Å². The van der Waals surface area contributed by atoms with E-state index < -0.39 is 10.0 Å². The van der Waals surface area contributed by atoms with Crippen LogP contribution in [0.25, 0.3) is 10.9 Å². The highest BCUT2D eigenvalue weighted by Crippen LogP contribution is 2.32. The van der Waals surface area contributed by atoms with Gasteiger partial charge in [-0.2, -0.15) is 0 Å². The summed E-state index contributed by atoms with van der Waals surface area (Å²) < 4.78 is 26.3. The summed E-state index contributed by atoms with van der Waals surface area (Å²) >= 11 is 3.57. The van der Waals surface area contributed by atoms with Crippen LogP contribution in [-0.2, 0) is 23.0 Å². The van der Waals surface area contributed by atoms with Gasteiger partial charge in [0.1, 0.15) is 0 Å². The van der Waals surface area contributed by atoms with Crippen molar-refractivity contribution in [3.63, 3.8) is 0 Å². The number of carbonyl (C=O) groups excluding carboxylic acids is 1. The maximum absolute atomic E-state index is 13.0. The molecule has 0 fully saturated rings. The molecule has 1 aliphatic rings. The monoisotopic (exact) mass is 447 g/mol. The van der Waals surface area contributed by atoms with Crippen molar-refractivity contribution in [2.75, 3.05) is 17.5 Å². The average Bonchev–Trinajstić information content (AvgIpc) is 2.99. The first-order valence-corrected chi connectivity index (χ1v) is 11.2. The van der Waals surface area contributed by atoms with Gasteiger partial charge in [-0.1, -0.05) is 18.2 Å². The molecule has 0 radical (unpaired) electrons. The van der Waals surface area contributed by atoms with E-state index in [1.54, 1.807) is 29.2 Å². The Morgan fingerprint density at radius 1 is 1.22 bits per heavy atom. The molecule has 3 aromatic rings. The number of rotatable bonds is 3. The van der Waals surface area contributed by atoms with Crippen LogP contribution in [0, 0.1) is 0 Å². The first kappa shape index (κ1) is 18.1.